The number of halogens is 2. The minimum Gasteiger partial charge on any atom is -0.304 e. The van der Waals surface area contributed by atoms with Gasteiger partial charge in [0.2, 0.25) is 0 Å². The Bertz CT molecular complexity index is 429. The number of nitrogens with one attached hydrogen (secondary N) is 2. The standard InChI is InChI=1S/C10H9Cl2N3/c11-9-2-1-8(5-10(9)12)15-4-3-7(13)6-14-15/h1-5,13-14H,6H2. The van der Waals surface area contributed by atoms with Gasteiger partial charge in [0.1, 0.15) is 0 Å². The molecule has 0 bridgehead atoms. The van der Waals surface area contributed by atoms with E-state index in [0.717, 1.165) is 5.69 Å². The van der Waals surface area contributed by atoms with Gasteiger partial charge in [-0.3, -0.25) is 5.01 Å². The van der Waals surface area contributed by atoms with E-state index in [1.807, 2.05) is 6.07 Å². The molecule has 5 heteroatoms. The van der Waals surface area contributed by atoms with Crippen LogP contribution in [0.3, 0.4) is 0 Å². The summed E-state index contributed by atoms with van der Waals surface area (Å²) in [6.07, 6.45) is 3.52. The van der Waals surface area contributed by atoms with Crippen LogP contribution in [0.25, 0.3) is 0 Å². The largest absolute Gasteiger partial charge is 0.304 e. The molecule has 0 amide bonds. The van der Waals surface area contributed by atoms with E-state index in [4.69, 9.17) is 28.6 Å². The first kappa shape index (κ1) is 10.5. The highest BCUT2D eigenvalue weighted by Crippen LogP contribution is 2.26. The smallest absolute Gasteiger partial charge is 0.0613 e. The van der Waals surface area contributed by atoms with E-state index in [1.165, 1.54) is 0 Å². The Morgan fingerprint density at radius 1 is 1.27 bits per heavy atom. The van der Waals surface area contributed by atoms with E-state index in [1.54, 1.807) is 29.4 Å². The molecule has 2 N–H and O–H groups in total. The second kappa shape index (κ2) is 4.23. The second-order valence-electron chi connectivity index (χ2n) is 3.14. The first-order valence-electron chi connectivity index (χ1n) is 4.40. The van der Waals surface area contributed by atoms with Gasteiger partial charge in [0.25, 0.3) is 0 Å². The van der Waals surface area contributed by atoms with Crippen molar-refractivity contribution >= 4 is 34.6 Å². The fourth-order valence-corrected chi connectivity index (χ4v) is 1.55. The van der Waals surface area contributed by atoms with Crippen LogP contribution in [0.1, 0.15) is 0 Å². The van der Waals surface area contributed by atoms with Crippen LogP contribution in [-0.2, 0) is 0 Å². The fourth-order valence-electron chi connectivity index (χ4n) is 1.26. The van der Waals surface area contributed by atoms with E-state index in [9.17, 15) is 0 Å². The normalized spacial score (nSPS) is 15.9. The van der Waals surface area contributed by atoms with Crippen LogP contribution >= 0.6 is 23.2 Å². The molecule has 0 unspecified atom stereocenters. The van der Waals surface area contributed by atoms with Gasteiger partial charge in [-0.1, -0.05) is 23.2 Å². The Labute approximate surface area is 97.8 Å². The molecule has 15 heavy (non-hydrogen) atoms. The lowest BCUT2D eigenvalue weighted by atomic mass is 10.3. The zero-order valence-corrected chi connectivity index (χ0v) is 9.31. The molecular formula is C10H9Cl2N3. The van der Waals surface area contributed by atoms with Crippen LogP contribution in [0.15, 0.2) is 30.5 Å². The summed E-state index contributed by atoms with van der Waals surface area (Å²) in [6, 6.07) is 5.38. The minimum atomic E-state index is 0.511. The van der Waals surface area contributed by atoms with Crippen molar-refractivity contribution in [3.63, 3.8) is 0 Å². The van der Waals surface area contributed by atoms with E-state index in [2.05, 4.69) is 5.43 Å². The maximum atomic E-state index is 7.39. The number of benzene rings is 1. The van der Waals surface area contributed by atoms with E-state index in [0.29, 0.717) is 22.3 Å². The Morgan fingerprint density at radius 2 is 2.07 bits per heavy atom. The van der Waals surface area contributed by atoms with Crippen molar-refractivity contribution in [2.75, 3.05) is 11.6 Å². The van der Waals surface area contributed by atoms with Crippen molar-refractivity contribution < 1.29 is 0 Å². The summed E-state index contributed by atoms with van der Waals surface area (Å²) in [5.74, 6) is 0. The SMILES string of the molecule is N=C1C=CN(c2ccc(Cl)c(Cl)c2)NC1. The lowest BCUT2D eigenvalue weighted by Gasteiger charge is -2.25. The van der Waals surface area contributed by atoms with Gasteiger partial charge in [-0.15, -0.1) is 0 Å². The third-order valence-electron chi connectivity index (χ3n) is 2.05. The number of hydrogen-bond acceptors (Lipinski definition) is 3. The van der Waals surface area contributed by atoms with Gasteiger partial charge in [-0.2, -0.15) is 0 Å². The van der Waals surface area contributed by atoms with Crippen molar-refractivity contribution in [2.24, 2.45) is 0 Å². The van der Waals surface area contributed by atoms with Crippen LogP contribution in [0.4, 0.5) is 5.69 Å². The summed E-state index contributed by atoms with van der Waals surface area (Å²) in [5.41, 5.74) is 4.50. The Balaban J connectivity index is 2.27. The molecule has 3 nitrogen and oxygen atoms in total. The van der Waals surface area contributed by atoms with Crippen molar-refractivity contribution in [3.8, 4) is 0 Å². The molecule has 1 aromatic carbocycles. The highest BCUT2D eigenvalue weighted by atomic mass is 35.5. The molecule has 0 saturated heterocycles. The zero-order valence-electron chi connectivity index (χ0n) is 7.80. The Hall–Kier alpha value is -1.03. The third-order valence-corrected chi connectivity index (χ3v) is 2.79. The van der Waals surface area contributed by atoms with E-state index < -0.39 is 0 Å². The molecule has 0 aliphatic carbocycles. The zero-order chi connectivity index (χ0) is 10.8. The van der Waals surface area contributed by atoms with Crippen LogP contribution in [0.2, 0.25) is 10.0 Å². The first-order chi connectivity index (χ1) is 7.16. The molecule has 0 radical (unpaired) electrons. The molecule has 1 heterocycles. The highest BCUT2D eigenvalue weighted by molar-refractivity contribution is 6.42. The summed E-state index contributed by atoms with van der Waals surface area (Å²) < 4.78 is 0. The van der Waals surface area contributed by atoms with Gasteiger partial charge in [-0.25, -0.2) is 5.43 Å². The van der Waals surface area contributed by atoms with Crippen LogP contribution < -0.4 is 10.4 Å². The highest BCUT2D eigenvalue weighted by Gasteiger charge is 2.09. The molecule has 1 aliphatic heterocycles. The fraction of sp³-hybridized carbons (Fsp3) is 0.100. The maximum absolute atomic E-state index is 7.39. The molecule has 2 rings (SSSR count). The minimum absolute atomic E-state index is 0.511. The van der Waals surface area contributed by atoms with Gasteiger partial charge in [-0.05, 0) is 24.3 Å². The molecule has 0 atom stereocenters. The quantitative estimate of drug-likeness (QED) is 0.794. The van der Waals surface area contributed by atoms with Gasteiger partial charge >= 0.3 is 0 Å². The van der Waals surface area contributed by atoms with E-state index >= 15 is 0 Å². The number of hydrogen-bond donors (Lipinski definition) is 2. The number of hydrazine groups is 1. The summed E-state index contributed by atoms with van der Waals surface area (Å²) in [5, 5.41) is 10.3. The van der Waals surface area contributed by atoms with Crippen LogP contribution in [0, 0.1) is 5.41 Å². The summed E-state index contributed by atoms with van der Waals surface area (Å²) in [6.45, 7) is 0.511. The Morgan fingerprint density at radius 3 is 2.67 bits per heavy atom. The maximum Gasteiger partial charge on any atom is 0.0613 e. The van der Waals surface area contributed by atoms with Crippen molar-refractivity contribution in [2.45, 2.75) is 0 Å². The Kier molecular flexibility index (Phi) is 2.95. The van der Waals surface area contributed by atoms with Crippen molar-refractivity contribution in [3.05, 3.63) is 40.5 Å². The molecule has 0 aromatic heterocycles. The summed E-state index contributed by atoms with van der Waals surface area (Å²) in [7, 11) is 0. The monoisotopic (exact) mass is 241 g/mol. The lowest BCUT2D eigenvalue weighted by Crippen LogP contribution is -2.40. The first-order valence-corrected chi connectivity index (χ1v) is 5.16. The molecule has 78 valence electrons. The van der Waals surface area contributed by atoms with Gasteiger partial charge in [0, 0.05) is 11.9 Å². The lowest BCUT2D eigenvalue weighted by molar-refractivity contribution is 0.772. The average molecular weight is 242 g/mol. The van der Waals surface area contributed by atoms with Gasteiger partial charge < -0.3 is 5.41 Å². The van der Waals surface area contributed by atoms with Crippen molar-refractivity contribution in [1.29, 1.82) is 5.41 Å². The van der Waals surface area contributed by atoms with Crippen molar-refractivity contribution in [1.82, 2.24) is 5.43 Å². The number of nitrogens with zero attached hydrogens (tertiary/aromatic N) is 1. The second-order valence-corrected chi connectivity index (χ2v) is 3.96. The molecule has 0 spiro atoms. The molecule has 1 aliphatic rings. The summed E-state index contributed by atoms with van der Waals surface area (Å²) >= 11 is 11.7. The number of anilines is 1. The van der Waals surface area contributed by atoms with E-state index in [-0.39, 0.29) is 0 Å². The predicted octanol–water partition coefficient (Wildman–Crippen LogP) is 2.85. The van der Waals surface area contributed by atoms with Gasteiger partial charge in [0.15, 0.2) is 0 Å². The molecular weight excluding hydrogens is 233 g/mol. The summed E-state index contributed by atoms with van der Waals surface area (Å²) in [4.78, 5) is 0. The van der Waals surface area contributed by atoms with Gasteiger partial charge in [0.05, 0.1) is 22.3 Å². The topological polar surface area (TPSA) is 39.1 Å². The van der Waals surface area contributed by atoms with Crippen LogP contribution in [-0.4, -0.2) is 12.3 Å². The molecule has 0 fully saturated rings. The molecule has 0 saturated carbocycles. The van der Waals surface area contributed by atoms with Crippen LogP contribution in [0.5, 0.6) is 0 Å². The average Bonchev–Trinajstić information content (AvgIpc) is 2.23. The number of rotatable bonds is 1. The third kappa shape index (κ3) is 2.31. The molecule has 1 aromatic rings. The predicted molar refractivity (Wildman–Crippen MR) is 63.8 cm³/mol.